The first kappa shape index (κ1) is 18.7. The van der Waals surface area contributed by atoms with E-state index in [4.69, 9.17) is 0 Å². The molecule has 2 N–H and O–H groups in total. The Morgan fingerprint density at radius 1 is 1.29 bits per heavy atom. The number of aliphatic imine (C=N–C) groups is 1. The fourth-order valence-electron chi connectivity index (χ4n) is 3.11. The molecule has 134 valence electrons. The monoisotopic (exact) mass is 331 g/mol. The van der Waals surface area contributed by atoms with Gasteiger partial charge in [0.15, 0.2) is 5.96 Å². The van der Waals surface area contributed by atoms with Crippen LogP contribution in [0.3, 0.4) is 0 Å². The molecule has 0 aliphatic carbocycles. The fraction of sp³-hybridized carbons (Fsp3) is 0.632. The highest BCUT2D eigenvalue weighted by Crippen LogP contribution is 2.19. The number of rotatable bonds is 8. The Bertz CT molecular complexity index is 488. The molecule has 1 aliphatic rings. The molecule has 1 aliphatic heterocycles. The number of likely N-dealkylation sites (tertiary alicyclic amines) is 1. The van der Waals surface area contributed by atoms with Gasteiger partial charge >= 0.3 is 0 Å². The molecule has 1 heterocycles. The van der Waals surface area contributed by atoms with E-state index >= 15 is 0 Å². The molecule has 0 amide bonds. The molecule has 24 heavy (non-hydrogen) atoms. The van der Waals surface area contributed by atoms with Gasteiger partial charge in [-0.05, 0) is 38.5 Å². The maximum atomic E-state index is 4.34. The van der Waals surface area contributed by atoms with Gasteiger partial charge in [0.1, 0.15) is 0 Å². The molecule has 1 aromatic carbocycles. The number of guanidine groups is 1. The van der Waals surface area contributed by atoms with Crippen molar-refractivity contribution in [2.24, 2.45) is 4.99 Å². The third kappa shape index (κ3) is 6.13. The molecule has 1 fully saturated rings. The van der Waals surface area contributed by atoms with Crippen LogP contribution in [0.25, 0.3) is 0 Å². The first-order valence-corrected chi connectivity index (χ1v) is 9.14. The van der Waals surface area contributed by atoms with Crippen molar-refractivity contribution in [3.05, 3.63) is 35.9 Å². The van der Waals surface area contributed by atoms with E-state index in [-0.39, 0.29) is 0 Å². The topological polar surface area (TPSA) is 42.9 Å². The molecule has 5 heteroatoms. The lowest BCUT2D eigenvalue weighted by molar-refractivity contribution is 0.245. The number of nitrogens with zero attached hydrogens (tertiary/aromatic N) is 3. The van der Waals surface area contributed by atoms with Crippen molar-refractivity contribution in [3.63, 3.8) is 0 Å². The zero-order valence-electron chi connectivity index (χ0n) is 15.5. The van der Waals surface area contributed by atoms with E-state index in [1.807, 2.05) is 7.05 Å². The quantitative estimate of drug-likeness (QED) is 0.563. The van der Waals surface area contributed by atoms with E-state index in [1.165, 1.54) is 24.9 Å². The number of benzene rings is 1. The summed E-state index contributed by atoms with van der Waals surface area (Å²) >= 11 is 0. The highest BCUT2D eigenvalue weighted by Gasteiger charge is 2.24. The van der Waals surface area contributed by atoms with Gasteiger partial charge in [-0.2, -0.15) is 0 Å². The van der Waals surface area contributed by atoms with Gasteiger partial charge in [-0.3, -0.25) is 9.89 Å². The molecule has 1 saturated heterocycles. The highest BCUT2D eigenvalue weighted by molar-refractivity contribution is 5.79. The third-order valence-electron chi connectivity index (χ3n) is 4.78. The first-order valence-electron chi connectivity index (χ1n) is 9.14. The van der Waals surface area contributed by atoms with Gasteiger partial charge in [0.25, 0.3) is 0 Å². The Balaban J connectivity index is 1.75. The second-order valence-electron chi connectivity index (χ2n) is 6.53. The summed E-state index contributed by atoms with van der Waals surface area (Å²) in [5, 5.41) is 6.90. The van der Waals surface area contributed by atoms with Gasteiger partial charge < -0.3 is 15.5 Å². The summed E-state index contributed by atoms with van der Waals surface area (Å²) in [6.07, 6.45) is 2.54. The van der Waals surface area contributed by atoms with Crippen molar-refractivity contribution in [1.29, 1.82) is 0 Å². The van der Waals surface area contributed by atoms with E-state index < -0.39 is 0 Å². The number of hydrogen-bond acceptors (Lipinski definition) is 3. The summed E-state index contributed by atoms with van der Waals surface area (Å²) in [6.45, 7) is 8.38. The van der Waals surface area contributed by atoms with Crippen LogP contribution in [0, 0.1) is 0 Å². The summed E-state index contributed by atoms with van der Waals surface area (Å²) < 4.78 is 0. The predicted molar refractivity (Wildman–Crippen MR) is 102 cm³/mol. The molecule has 0 spiro atoms. The van der Waals surface area contributed by atoms with Gasteiger partial charge in [-0.15, -0.1) is 0 Å². The molecular formula is C19H33N5. The van der Waals surface area contributed by atoms with Crippen LogP contribution in [0.5, 0.6) is 0 Å². The maximum absolute atomic E-state index is 4.34. The minimum Gasteiger partial charge on any atom is -0.355 e. The molecule has 1 atom stereocenters. The number of likely N-dealkylation sites (N-methyl/N-ethyl adjacent to an activating group) is 1. The Labute approximate surface area is 147 Å². The van der Waals surface area contributed by atoms with Crippen molar-refractivity contribution in [3.8, 4) is 0 Å². The van der Waals surface area contributed by atoms with E-state index in [0.29, 0.717) is 6.04 Å². The zero-order valence-corrected chi connectivity index (χ0v) is 15.5. The van der Waals surface area contributed by atoms with Crippen molar-refractivity contribution in [2.45, 2.75) is 32.4 Å². The molecule has 0 radical (unpaired) electrons. The average molecular weight is 332 g/mol. The van der Waals surface area contributed by atoms with E-state index in [1.54, 1.807) is 0 Å². The first-order chi connectivity index (χ1) is 11.7. The summed E-state index contributed by atoms with van der Waals surface area (Å²) in [5.74, 6) is 0.908. The van der Waals surface area contributed by atoms with Gasteiger partial charge in [0.05, 0.1) is 0 Å². The van der Waals surface area contributed by atoms with Crippen LogP contribution in [0.4, 0.5) is 0 Å². The van der Waals surface area contributed by atoms with E-state index in [9.17, 15) is 0 Å². The minimum absolute atomic E-state index is 0.585. The van der Waals surface area contributed by atoms with Gasteiger partial charge in [0.2, 0.25) is 0 Å². The largest absolute Gasteiger partial charge is 0.355 e. The molecule has 0 bridgehead atoms. The minimum atomic E-state index is 0.585. The lowest BCUT2D eigenvalue weighted by Gasteiger charge is -2.25. The van der Waals surface area contributed by atoms with Crippen LogP contribution in [-0.4, -0.2) is 68.6 Å². The SMILES string of the molecule is CCN(C)CCNC(=NC)NCC1CCCN1Cc1ccccc1. The Morgan fingerprint density at radius 2 is 2.08 bits per heavy atom. The zero-order chi connectivity index (χ0) is 17.2. The Morgan fingerprint density at radius 3 is 2.79 bits per heavy atom. The molecule has 0 aromatic heterocycles. The second-order valence-corrected chi connectivity index (χ2v) is 6.53. The maximum Gasteiger partial charge on any atom is 0.191 e. The van der Waals surface area contributed by atoms with Crippen LogP contribution in [-0.2, 0) is 6.54 Å². The van der Waals surface area contributed by atoms with Crippen LogP contribution in [0.1, 0.15) is 25.3 Å². The van der Waals surface area contributed by atoms with Crippen LogP contribution in [0.2, 0.25) is 0 Å². The molecule has 1 aromatic rings. The van der Waals surface area contributed by atoms with Crippen molar-refractivity contribution >= 4 is 5.96 Å². The van der Waals surface area contributed by atoms with Gasteiger partial charge in [-0.1, -0.05) is 37.3 Å². The number of hydrogen-bond donors (Lipinski definition) is 2. The Kier molecular flexibility index (Phi) is 8.05. The summed E-state index contributed by atoms with van der Waals surface area (Å²) in [4.78, 5) is 9.21. The highest BCUT2D eigenvalue weighted by atomic mass is 15.2. The normalized spacial score (nSPS) is 19.0. The van der Waals surface area contributed by atoms with Gasteiger partial charge in [0, 0.05) is 39.3 Å². The molecule has 2 rings (SSSR count). The van der Waals surface area contributed by atoms with Crippen LogP contribution >= 0.6 is 0 Å². The molecule has 1 unspecified atom stereocenters. The van der Waals surface area contributed by atoms with E-state index in [2.05, 4.69) is 69.7 Å². The lowest BCUT2D eigenvalue weighted by Crippen LogP contribution is -2.46. The lowest BCUT2D eigenvalue weighted by atomic mass is 10.2. The molecular weight excluding hydrogens is 298 g/mol. The molecule has 5 nitrogen and oxygen atoms in total. The summed E-state index contributed by atoms with van der Waals surface area (Å²) in [5.41, 5.74) is 1.40. The summed E-state index contributed by atoms with van der Waals surface area (Å²) in [7, 11) is 3.98. The van der Waals surface area contributed by atoms with E-state index in [0.717, 1.165) is 38.7 Å². The standard InChI is InChI=1S/C19H33N5/c1-4-23(3)14-12-21-19(20-2)22-15-18-11-8-13-24(18)16-17-9-6-5-7-10-17/h5-7,9-10,18H,4,8,11-16H2,1-3H3,(H2,20,21,22). The Hall–Kier alpha value is -1.59. The van der Waals surface area contributed by atoms with Crippen molar-refractivity contribution in [1.82, 2.24) is 20.4 Å². The van der Waals surface area contributed by atoms with Crippen molar-refractivity contribution < 1.29 is 0 Å². The fourth-order valence-corrected chi connectivity index (χ4v) is 3.11. The predicted octanol–water partition coefficient (Wildman–Crippen LogP) is 1.77. The van der Waals surface area contributed by atoms with Crippen LogP contribution < -0.4 is 10.6 Å². The van der Waals surface area contributed by atoms with Gasteiger partial charge in [-0.25, -0.2) is 0 Å². The summed E-state index contributed by atoms with van der Waals surface area (Å²) in [6, 6.07) is 11.3. The third-order valence-corrected chi connectivity index (χ3v) is 4.78. The van der Waals surface area contributed by atoms with Crippen molar-refractivity contribution in [2.75, 3.05) is 46.8 Å². The smallest absolute Gasteiger partial charge is 0.191 e. The van der Waals surface area contributed by atoms with Crippen LogP contribution in [0.15, 0.2) is 35.3 Å². The average Bonchev–Trinajstić information content (AvgIpc) is 3.05. The second kappa shape index (κ2) is 10.3. The number of nitrogens with one attached hydrogen (secondary N) is 2. The molecule has 0 saturated carbocycles.